The summed E-state index contributed by atoms with van der Waals surface area (Å²) in [5.41, 5.74) is -0.464. The summed E-state index contributed by atoms with van der Waals surface area (Å²) < 4.78 is 17.1. The smallest absolute Gasteiger partial charge is 0.407 e. The Morgan fingerprint density at radius 3 is 2.42 bits per heavy atom. The van der Waals surface area contributed by atoms with Crippen LogP contribution < -0.4 is 14.8 Å². The molecule has 0 saturated heterocycles. The molecule has 1 N–H and O–H groups in total. The average Bonchev–Trinajstić information content (AvgIpc) is 2.61. The molecule has 148 valence electrons. The molecule has 1 atom stereocenters. The summed E-state index contributed by atoms with van der Waals surface area (Å²) in [6, 6.07) is 7.62. The van der Waals surface area contributed by atoms with Crippen LogP contribution in [0.2, 0.25) is 0 Å². The van der Waals surface area contributed by atoms with E-state index in [1.807, 2.05) is 52.0 Å². The number of nitrogens with one attached hydrogen (secondary N) is 1. The van der Waals surface area contributed by atoms with Crippen LogP contribution in [0.5, 0.6) is 11.5 Å². The normalized spacial score (nSPS) is 12.6. The van der Waals surface area contributed by atoms with Crippen LogP contribution in [0.4, 0.5) is 4.79 Å². The minimum Gasteiger partial charge on any atom is -0.493 e. The summed E-state index contributed by atoms with van der Waals surface area (Å²) in [6.45, 7) is 13.1. The molecule has 1 amide bonds. The van der Waals surface area contributed by atoms with Crippen molar-refractivity contribution in [3.8, 4) is 11.5 Å². The number of ether oxygens (including phenoxy) is 3. The maximum Gasteiger partial charge on any atom is 0.407 e. The minimum absolute atomic E-state index is 0.179. The minimum atomic E-state index is -0.464. The van der Waals surface area contributed by atoms with Crippen LogP contribution in [0, 0.1) is 5.92 Å². The summed E-state index contributed by atoms with van der Waals surface area (Å²) in [5.74, 6) is 2.10. The summed E-state index contributed by atoms with van der Waals surface area (Å²) in [5, 5.41) is 2.75. The molecule has 5 nitrogen and oxygen atoms in total. The molecule has 1 rings (SSSR count). The van der Waals surface area contributed by atoms with Gasteiger partial charge in [-0.3, -0.25) is 0 Å². The van der Waals surface area contributed by atoms with Crippen LogP contribution in [0.1, 0.15) is 60.8 Å². The summed E-state index contributed by atoms with van der Waals surface area (Å²) >= 11 is 0. The van der Waals surface area contributed by atoms with E-state index in [0.29, 0.717) is 19.1 Å². The Labute approximate surface area is 158 Å². The first-order valence-corrected chi connectivity index (χ1v) is 9.66. The zero-order chi connectivity index (χ0) is 19.6. The van der Waals surface area contributed by atoms with Crippen molar-refractivity contribution in [3.63, 3.8) is 0 Å². The number of carbonyl (C=O) groups excluding carboxylic acids is 1. The van der Waals surface area contributed by atoms with Gasteiger partial charge in [0.1, 0.15) is 23.2 Å². The van der Waals surface area contributed by atoms with Crippen molar-refractivity contribution >= 4 is 6.09 Å². The third-order valence-electron chi connectivity index (χ3n) is 4.54. The van der Waals surface area contributed by atoms with Crippen LogP contribution in [0.25, 0.3) is 0 Å². The number of hydrogen-bond acceptors (Lipinski definition) is 4. The molecule has 0 aliphatic rings. The van der Waals surface area contributed by atoms with E-state index in [1.165, 1.54) is 0 Å². The van der Waals surface area contributed by atoms with Crippen LogP contribution in [0.15, 0.2) is 24.3 Å². The third-order valence-corrected chi connectivity index (χ3v) is 4.54. The summed E-state index contributed by atoms with van der Waals surface area (Å²) in [6.07, 6.45) is 2.38. The molecule has 0 saturated carbocycles. The Morgan fingerprint density at radius 2 is 1.81 bits per heavy atom. The molecule has 0 heterocycles. The predicted molar refractivity (Wildman–Crippen MR) is 105 cm³/mol. The molecule has 0 bridgehead atoms. The quantitative estimate of drug-likeness (QED) is 0.587. The van der Waals surface area contributed by atoms with Gasteiger partial charge in [-0.1, -0.05) is 39.7 Å². The maximum absolute atomic E-state index is 11.8. The van der Waals surface area contributed by atoms with Gasteiger partial charge in [0.05, 0.1) is 13.2 Å². The van der Waals surface area contributed by atoms with Gasteiger partial charge in [0, 0.05) is 6.07 Å². The van der Waals surface area contributed by atoms with Crippen LogP contribution in [-0.2, 0) is 4.74 Å². The highest BCUT2D eigenvalue weighted by molar-refractivity contribution is 5.67. The van der Waals surface area contributed by atoms with E-state index in [2.05, 4.69) is 19.2 Å². The summed E-state index contributed by atoms with van der Waals surface area (Å²) in [4.78, 5) is 11.8. The largest absolute Gasteiger partial charge is 0.493 e. The standard InChI is InChI=1S/C21H35NO4/c1-7-17(8-2)15-24-18-11-10-12-19(13-18)25-16(4)14-22-20(23)26-21(5,6)9-3/h10-13,16-17H,7-9,14-15H2,1-6H3,(H,22,23)/t16-/m0/s1. The Kier molecular flexibility index (Phi) is 9.31. The Hall–Kier alpha value is -1.91. The van der Waals surface area contributed by atoms with Gasteiger partial charge in [-0.25, -0.2) is 4.79 Å². The SMILES string of the molecule is CCC(CC)COc1cccc(O[C@@H](C)CNC(=O)OC(C)(C)CC)c1. The number of hydrogen-bond donors (Lipinski definition) is 1. The first-order chi connectivity index (χ1) is 12.3. The van der Waals surface area contributed by atoms with Crippen LogP contribution in [0.3, 0.4) is 0 Å². The highest BCUT2D eigenvalue weighted by Gasteiger charge is 2.20. The zero-order valence-electron chi connectivity index (χ0n) is 17.1. The number of benzene rings is 1. The van der Waals surface area contributed by atoms with Crippen molar-refractivity contribution in [3.05, 3.63) is 24.3 Å². The molecular weight excluding hydrogens is 330 g/mol. The molecule has 0 aromatic heterocycles. The summed E-state index contributed by atoms with van der Waals surface area (Å²) in [7, 11) is 0. The van der Waals surface area contributed by atoms with Crippen molar-refractivity contribution in [2.24, 2.45) is 5.92 Å². The van der Waals surface area contributed by atoms with Gasteiger partial charge < -0.3 is 19.5 Å². The molecular formula is C21H35NO4. The molecule has 0 aliphatic heterocycles. The van der Waals surface area contributed by atoms with E-state index >= 15 is 0 Å². The maximum atomic E-state index is 11.8. The molecule has 0 unspecified atom stereocenters. The van der Waals surface area contributed by atoms with E-state index in [-0.39, 0.29) is 6.10 Å². The number of carbonyl (C=O) groups is 1. The zero-order valence-corrected chi connectivity index (χ0v) is 17.1. The first-order valence-electron chi connectivity index (χ1n) is 9.66. The lowest BCUT2D eigenvalue weighted by atomic mass is 10.1. The second-order valence-electron chi connectivity index (χ2n) is 7.28. The van der Waals surface area contributed by atoms with Gasteiger partial charge in [0.15, 0.2) is 0 Å². The van der Waals surface area contributed by atoms with E-state index in [1.54, 1.807) is 0 Å². The third kappa shape index (κ3) is 8.45. The fraction of sp³-hybridized carbons (Fsp3) is 0.667. The Bertz CT molecular complexity index is 541. The molecule has 0 radical (unpaired) electrons. The van der Waals surface area contributed by atoms with Gasteiger partial charge in [-0.05, 0) is 45.2 Å². The topological polar surface area (TPSA) is 56.8 Å². The highest BCUT2D eigenvalue weighted by atomic mass is 16.6. The molecule has 5 heteroatoms. The van der Waals surface area contributed by atoms with Gasteiger partial charge in [0.25, 0.3) is 0 Å². The number of rotatable bonds is 11. The van der Waals surface area contributed by atoms with Crippen LogP contribution >= 0.6 is 0 Å². The fourth-order valence-electron chi connectivity index (χ4n) is 2.24. The van der Waals surface area contributed by atoms with Crippen LogP contribution in [-0.4, -0.2) is 30.9 Å². The van der Waals surface area contributed by atoms with Crippen molar-refractivity contribution in [1.29, 1.82) is 0 Å². The molecule has 1 aromatic rings. The monoisotopic (exact) mass is 365 g/mol. The second-order valence-corrected chi connectivity index (χ2v) is 7.28. The Morgan fingerprint density at radius 1 is 1.15 bits per heavy atom. The van der Waals surface area contributed by atoms with E-state index in [9.17, 15) is 4.79 Å². The lowest BCUT2D eigenvalue weighted by Crippen LogP contribution is -2.38. The second kappa shape index (κ2) is 10.9. The van der Waals surface area contributed by atoms with Gasteiger partial charge >= 0.3 is 6.09 Å². The van der Waals surface area contributed by atoms with E-state index in [4.69, 9.17) is 14.2 Å². The van der Waals surface area contributed by atoms with E-state index in [0.717, 1.165) is 30.8 Å². The highest BCUT2D eigenvalue weighted by Crippen LogP contribution is 2.22. The van der Waals surface area contributed by atoms with E-state index < -0.39 is 11.7 Å². The van der Waals surface area contributed by atoms with Gasteiger partial charge in [0.2, 0.25) is 0 Å². The van der Waals surface area contributed by atoms with Gasteiger partial charge in [-0.2, -0.15) is 0 Å². The van der Waals surface area contributed by atoms with Crippen molar-refractivity contribution in [1.82, 2.24) is 5.32 Å². The molecule has 26 heavy (non-hydrogen) atoms. The average molecular weight is 366 g/mol. The molecule has 1 aromatic carbocycles. The lowest BCUT2D eigenvalue weighted by molar-refractivity contribution is 0.0345. The molecule has 0 aliphatic carbocycles. The van der Waals surface area contributed by atoms with Crippen molar-refractivity contribution in [2.45, 2.75) is 72.5 Å². The lowest BCUT2D eigenvalue weighted by Gasteiger charge is -2.24. The Balaban J connectivity index is 2.45. The molecule has 0 spiro atoms. The van der Waals surface area contributed by atoms with Crippen molar-refractivity contribution in [2.75, 3.05) is 13.2 Å². The van der Waals surface area contributed by atoms with Gasteiger partial charge in [-0.15, -0.1) is 0 Å². The number of amides is 1. The number of alkyl carbamates (subject to hydrolysis) is 1. The molecule has 0 fully saturated rings. The van der Waals surface area contributed by atoms with Crippen molar-refractivity contribution < 1.29 is 19.0 Å². The predicted octanol–water partition coefficient (Wildman–Crippen LogP) is 5.18. The fourth-order valence-corrected chi connectivity index (χ4v) is 2.24. The first kappa shape index (κ1) is 22.1.